The van der Waals surface area contributed by atoms with Crippen molar-refractivity contribution in [1.29, 1.82) is 0 Å². The predicted molar refractivity (Wildman–Crippen MR) is 49.4 cm³/mol. The lowest BCUT2D eigenvalue weighted by molar-refractivity contribution is -0.733. The van der Waals surface area contributed by atoms with Crippen LogP contribution in [0.2, 0.25) is 0 Å². The van der Waals surface area contributed by atoms with E-state index in [4.69, 9.17) is 20.1 Å². The quantitative estimate of drug-likeness (QED) is 0.185. The van der Waals surface area contributed by atoms with Crippen molar-refractivity contribution in [3.05, 3.63) is 0 Å². The lowest BCUT2D eigenvalue weighted by Crippen LogP contribution is -2.93. The van der Waals surface area contributed by atoms with Crippen LogP contribution in [0.15, 0.2) is 0 Å². The zero-order valence-corrected chi connectivity index (χ0v) is 8.43. The SMILES string of the molecule is OCC[NH2+]CCOC(CO)[NH2+]CCO. The van der Waals surface area contributed by atoms with Crippen LogP contribution in [0.1, 0.15) is 0 Å². The molecule has 0 heterocycles. The van der Waals surface area contributed by atoms with Crippen LogP contribution in [0.25, 0.3) is 0 Å². The standard InChI is InChI=1S/C8H20N2O4/c11-4-1-9-3-6-14-8(7-13)10-2-5-12/h8-13H,1-7H2/p+2. The molecule has 0 aliphatic carbocycles. The molecule has 0 spiro atoms. The highest BCUT2D eigenvalue weighted by molar-refractivity contribution is 4.34. The summed E-state index contributed by atoms with van der Waals surface area (Å²) >= 11 is 0. The summed E-state index contributed by atoms with van der Waals surface area (Å²) < 4.78 is 5.31. The van der Waals surface area contributed by atoms with Crippen molar-refractivity contribution >= 4 is 0 Å². The summed E-state index contributed by atoms with van der Waals surface area (Å²) in [4.78, 5) is 0. The van der Waals surface area contributed by atoms with Gasteiger partial charge in [-0.15, -0.1) is 0 Å². The van der Waals surface area contributed by atoms with Gasteiger partial charge >= 0.3 is 0 Å². The molecule has 0 aromatic carbocycles. The highest BCUT2D eigenvalue weighted by Crippen LogP contribution is 1.76. The molecule has 0 amide bonds. The Morgan fingerprint density at radius 1 is 1.00 bits per heavy atom. The summed E-state index contributed by atoms with van der Waals surface area (Å²) in [7, 11) is 0. The lowest BCUT2D eigenvalue weighted by Gasteiger charge is -2.12. The van der Waals surface area contributed by atoms with Crippen molar-refractivity contribution in [1.82, 2.24) is 0 Å². The molecule has 86 valence electrons. The van der Waals surface area contributed by atoms with Gasteiger partial charge < -0.3 is 30.7 Å². The molecular formula is C8H22N2O4+2. The van der Waals surface area contributed by atoms with Crippen molar-refractivity contribution in [2.75, 3.05) is 46.1 Å². The number of nitrogens with two attached hydrogens (primary N) is 2. The smallest absolute Gasteiger partial charge is 0.214 e. The molecule has 6 heteroatoms. The Bertz CT molecular complexity index is 116. The van der Waals surface area contributed by atoms with Gasteiger partial charge in [-0.3, -0.25) is 0 Å². The van der Waals surface area contributed by atoms with Gasteiger partial charge in [-0.2, -0.15) is 0 Å². The van der Waals surface area contributed by atoms with Crippen molar-refractivity contribution in [2.45, 2.75) is 6.23 Å². The third-order valence-corrected chi connectivity index (χ3v) is 1.73. The molecule has 0 aliphatic heterocycles. The molecule has 0 aliphatic rings. The molecule has 0 aromatic heterocycles. The molecule has 1 unspecified atom stereocenters. The van der Waals surface area contributed by atoms with E-state index in [9.17, 15) is 0 Å². The molecule has 0 aromatic rings. The van der Waals surface area contributed by atoms with Gasteiger partial charge in [0.05, 0.1) is 26.3 Å². The van der Waals surface area contributed by atoms with E-state index in [0.717, 1.165) is 6.54 Å². The minimum Gasteiger partial charge on any atom is -0.391 e. The first-order chi connectivity index (χ1) is 6.85. The number of ether oxygens (including phenoxy) is 1. The molecule has 7 N–H and O–H groups in total. The first-order valence-corrected chi connectivity index (χ1v) is 4.94. The molecule has 0 saturated carbocycles. The van der Waals surface area contributed by atoms with Gasteiger partial charge in [-0.05, 0) is 0 Å². The summed E-state index contributed by atoms with van der Waals surface area (Å²) in [5.41, 5.74) is 0. The fraction of sp³-hybridized carbons (Fsp3) is 1.00. The van der Waals surface area contributed by atoms with Crippen molar-refractivity contribution < 1.29 is 30.7 Å². The molecular weight excluding hydrogens is 188 g/mol. The molecule has 14 heavy (non-hydrogen) atoms. The Balaban J connectivity index is 3.24. The second kappa shape index (κ2) is 10.8. The first kappa shape index (κ1) is 13.8. The van der Waals surface area contributed by atoms with Gasteiger partial charge in [0.1, 0.15) is 19.8 Å². The van der Waals surface area contributed by atoms with E-state index < -0.39 is 0 Å². The van der Waals surface area contributed by atoms with E-state index in [-0.39, 0.29) is 26.0 Å². The predicted octanol–water partition coefficient (Wildman–Crippen LogP) is -4.57. The largest absolute Gasteiger partial charge is 0.391 e. The fourth-order valence-electron chi connectivity index (χ4n) is 0.994. The van der Waals surface area contributed by atoms with Gasteiger partial charge in [0.15, 0.2) is 0 Å². The highest BCUT2D eigenvalue weighted by atomic mass is 16.5. The minimum absolute atomic E-state index is 0.0556. The summed E-state index contributed by atoms with van der Waals surface area (Å²) in [5.74, 6) is 0. The fourth-order valence-corrected chi connectivity index (χ4v) is 0.994. The third kappa shape index (κ3) is 8.36. The second-order valence-electron chi connectivity index (χ2n) is 2.93. The van der Waals surface area contributed by atoms with Crippen LogP contribution < -0.4 is 10.6 Å². The lowest BCUT2D eigenvalue weighted by atomic mass is 10.5. The van der Waals surface area contributed by atoms with Gasteiger partial charge in [0.25, 0.3) is 0 Å². The van der Waals surface area contributed by atoms with Crippen LogP contribution in [0.4, 0.5) is 0 Å². The number of hydrogen-bond acceptors (Lipinski definition) is 4. The van der Waals surface area contributed by atoms with Crippen molar-refractivity contribution in [2.24, 2.45) is 0 Å². The molecule has 6 nitrogen and oxygen atoms in total. The van der Waals surface area contributed by atoms with E-state index in [0.29, 0.717) is 19.7 Å². The van der Waals surface area contributed by atoms with E-state index in [1.54, 1.807) is 5.32 Å². The Kier molecular flexibility index (Phi) is 10.7. The molecule has 0 fully saturated rings. The van der Waals surface area contributed by atoms with Gasteiger partial charge in [0.2, 0.25) is 6.23 Å². The average Bonchev–Trinajstić information content (AvgIpc) is 2.22. The van der Waals surface area contributed by atoms with Gasteiger partial charge in [-0.25, -0.2) is 0 Å². The zero-order valence-electron chi connectivity index (χ0n) is 8.43. The Morgan fingerprint density at radius 3 is 2.29 bits per heavy atom. The van der Waals surface area contributed by atoms with Crippen LogP contribution in [-0.2, 0) is 4.74 Å². The highest BCUT2D eigenvalue weighted by Gasteiger charge is 2.09. The Hall–Kier alpha value is -0.240. The zero-order chi connectivity index (χ0) is 10.6. The number of aliphatic hydroxyl groups excluding tert-OH is 3. The summed E-state index contributed by atoms with van der Waals surface area (Å²) in [6.45, 7) is 2.70. The maximum Gasteiger partial charge on any atom is 0.214 e. The van der Waals surface area contributed by atoms with Crippen molar-refractivity contribution in [3.8, 4) is 0 Å². The Labute approximate surface area is 83.9 Å². The maximum atomic E-state index is 8.87. The molecule has 0 rings (SSSR count). The number of hydrogen-bond donors (Lipinski definition) is 5. The summed E-state index contributed by atoms with van der Waals surface area (Å²) in [6, 6.07) is 0. The third-order valence-electron chi connectivity index (χ3n) is 1.73. The van der Waals surface area contributed by atoms with Gasteiger partial charge in [-0.1, -0.05) is 0 Å². The average molecular weight is 210 g/mol. The molecule has 0 radical (unpaired) electrons. The van der Waals surface area contributed by atoms with Crippen LogP contribution in [0, 0.1) is 0 Å². The number of quaternary nitrogens is 2. The van der Waals surface area contributed by atoms with E-state index >= 15 is 0 Å². The summed E-state index contributed by atoms with van der Waals surface area (Å²) in [6.07, 6.45) is -0.287. The van der Waals surface area contributed by atoms with Crippen LogP contribution >= 0.6 is 0 Å². The van der Waals surface area contributed by atoms with Crippen LogP contribution in [0.5, 0.6) is 0 Å². The topological polar surface area (TPSA) is 103 Å². The van der Waals surface area contributed by atoms with Crippen LogP contribution in [-0.4, -0.2) is 67.6 Å². The normalized spacial score (nSPS) is 13.1. The summed E-state index contributed by atoms with van der Waals surface area (Å²) in [5, 5.41) is 29.6. The molecule has 0 saturated heterocycles. The first-order valence-electron chi connectivity index (χ1n) is 4.94. The minimum atomic E-state index is -0.287. The van der Waals surface area contributed by atoms with E-state index in [1.807, 2.05) is 5.32 Å². The second-order valence-corrected chi connectivity index (χ2v) is 2.93. The number of rotatable bonds is 10. The van der Waals surface area contributed by atoms with E-state index in [1.165, 1.54) is 0 Å². The Morgan fingerprint density at radius 2 is 1.71 bits per heavy atom. The van der Waals surface area contributed by atoms with Crippen molar-refractivity contribution in [3.63, 3.8) is 0 Å². The molecule has 0 bridgehead atoms. The van der Waals surface area contributed by atoms with Gasteiger partial charge in [0, 0.05) is 0 Å². The molecule has 1 atom stereocenters. The maximum absolute atomic E-state index is 8.87. The van der Waals surface area contributed by atoms with Crippen LogP contribution in [0.3, 0.4) is 0 Å². The number of aliphatic hydroxyl groups is 3. The monoisotopic (exact) mass is 210 g/mol. The van der Waals surface area contributed by atoms with E-state index in [2.05, 4.69) is 0 Å².